The maximum Gasteiger partial charge on any atom is 0.161 e. The third kappa shape index (κ3) is 5.24. The van der Waals surface area contributed by atoms with Crippen molar-refractivity contribution in [1.29, 1.82) is 0 Å². The molecule has 0 aliphatic heterocycles. The molecular formula is C23H22ClNO2S. The van der Waals surface area contributed by atoms with Crippen molar-refractivity contribution < 1.29 is 9.47 Å². The SMILES string of the molecule is COc1cc(C(=S)NCc2ccccc2C)ccc1OCc1ccc(Cl)cc1. The van der Waals surface area contributed by atoms with Gasteiger partial charge in [0.15, 0.2) is 11.5 Å². The van der Waals surface area contributed by atoms with Gasteiger partial charge in [0.1, 0.15) is 11.6 Å². The Kier molecular flexibility index (Phi) is 6.90. The van der Waals surface area contributed by atoms with E-state index in [0.717, 1.165) is 11.1 Å². The van der Waals surface area contributed by atoms with Crippen LogP contribution in [0.2, 0.25) is 5.02 Å². The van der Waals surface area contributed by atoms with E-state index in [-0.39, 0.29) is 0 Å². The highest BCUT2D eigenvalue weighted by molar-refractivity contribution is 7.80. The van der Waals surface area contributed by atoms with Crippen LogP contribution in [0.1, 0.15) is 22.3 Å². The first-order valence-corrected chi connectivity index (χ1v) is 9.73. The first-order valence-electron chi connectivity index (χ1n) is 8.95. The normalized spacial score (nSPS) is 10.4. The first-order chi connectivity index (χ1) is 13.6. The van der Waals surface area contributed by atoms with E-state index >= 15 is 0 Å². The highest BCUT2D eigenvalue weighted by atomic mass is 35.5. The smallest absolute Gasteiger partial charge is 0.161 e. The summed E-state index contributed by atoms with van der Waals surface area (Å²) < 4.78 is 11.4. The van der Waals surface area contributed by atoms with Gasteiger partial charge >= 0.3 is 0 Å². The molecule has 0 unspecified atom stereocenters. The molecule has 0 aromatic heterocycles. The molecule has 5 heteroatoms. The van der Waals surface area contributed by atoms with Gasteiger partial charge in [-0.2, -0.15) is 0 Å². The lowest BCUT2D eigenvalue weighted by molar-refractivity contribution is 0.284. The van der Waals surface area contributed by atoms with Gasteiger partial charge in [-0.1, -0.05) is 60.2 Å². The fraction of sp³-hybridized carbons (Fsp3) is 0.174. The molecule has 0 heterocycles. The minimum atomic E-state index is 0.433. The van der Waals surface area contributed by atoms with Gasteiger partial charge in [0.25, 0.3) is 0 Å². The summed E-state index contributed by atoms with van der Waals surface area (Å²) in [5.74, 6) is 1.31. The summed E-state index contributed by atoms with van der Waals surface area (Å²) in [6.45, 7) is 3.21. The second kappa shape index (κ2) is 9.58. The number of halogens is 1. The average molecular weight is 412 g/mol. The van der Waals surface area contributed by atoms with Crippen molar-refractivity contribution in [3.8, 4) is 11.5 Å². The van der Waals surface area contributed by atoms with E-state index in [0.29, 0.717) is 34.7 Å². The Morgan fingerprint density at radius 3 is 2.46 bits per heavy atom. The Hall–Kier alpha value is -2.56. The molecule has 3 nitrogen and oxygen atoms in total. The van der Waals surface area contributed by atoms with Crippen molar-refractivity contribution >= 4 is 28.8 Å². The Morgan fingerprint density at radius 1 is 1.00 bits per heavy atom. The zero-order valence-corrected chi connectivity index (χ0v) is 17.4. The molecule has 0 aliphatic rings. The molecule has 3 aromatic rings. The molecule has 3 rings (SSSR count). The van der Waals surface area contributed by atoms with Gasteiger partial charge in [-0.05, 0) is 53.9 Å². The van der Waals surface area contributed by atoms with E-state index in [1.54, 1.807) is 7.11 Å². The van der Waals surface area contributed by atoms with Crippen molar-refractivity contribution in [2.75, 3.05) is 7.11 Å². The van der Waals surface area contributed by atoms with Crippen LogP contribution in [0.4, 0.5) is 0 Å². The number of thiocarbonyl (C=S) groups is 1. The lowest BCUT2D eigenvalue weighted by atomic mass is 10.1. The van der Waals surface area contributed by atoms with Gasteiger partial charge in [-0.3, -0.25) is 0 Å². The fourth-order valence-electron chi connectivity index (χ4n) is 2.76. The largest absolute Gasteiger partial charge is 0.493 e. The van der Waals surface area contributed by atoms with Gasteiger partial charge in [0, 0.05) is 17.1 Å². The van der Waals surface area contributed by atoms with Crippen LogP contribution < -0.4 is 14.8 Å². The summed E-state index contributed by atoms with van der Waals surface area (Å²) in [5.41, 5.74) is 4.38. The molecule has 28 heavy (non-hydrogen) atoms. The van der Waals surface area contributed by atoms with E-state index in [2.05, 4.69) is 24.4 Å². The van der Waals surface area contributed by atoms with Crippen molar-refractivity contribution in [1.82, 2.24) is 5.32 Å². The molecule has 0 amide bonds. The third-order valence-electron chi connectivity index (χ3n) is 4.43. The molecule has 0 saturated carbocycles. The van der Waals surface area contributed by atoms with Gasteiger partial charge in [0.2, 0.25) is 0 Å². The molecule has 0 radical (unpaired) electrons. The molecular weight excluding hydrogens is 390 g/mol. The Bertz CT molecular complexity index is 957. The average Bonchev–Trinajstić information content (AvgIpc) is 2.72. The molecule has 144 valence electrons. The van der Waals surface area contributed by atoms with E-state index in [9.17, 15) is 0 Å². The summed E-state index contributed by atoms with van der Waals surface area (Å²) >= 11 is 11.5. The summed E-state index contributed by atoms with van der Waals surface area (Å²) in [5, 5.41) is 4.02. The molecule has 1 N–H and O–H groups in total. The zero-order chi connectivity index (χ0) is 19.9. The number of rotatable bonds is 7. The van der Waals surface area contributed by atoms with Crippen LogP contribution in [0.25, 0.3) is 0 Å². The van der Waals surface area contributed by atoms with Crippen molar-refractivity contribution in [2.24, 2.45) is 0 Å². The molecule has 0 fully saturated rings. The summed E-state index contributed by atoms with van der Waals surface area (Å²) in [6.07, 6.45) is 0. The fourth-order valence-corrected chi connectivity index (χ4v) is 3.08. The molecule has 0 atom stereocenters. The van der Waals surface area contributed by atoms with Gasteiger partial charge in [-0.25, -0.2) is 0 Å². The molecule has 3 aromatic carbocycles. The van der Waals surface area contributed by atoms with Crippen LogP contribution in [0.15, 0.2) is 66.7 Å². The predicted molar refractivity (Wildman–Crippen MR) is 118 cm³/mol. The second-order valence-corrected chi connectivity index (χ2v) is 7.23. The van der Waals surface area contributed by atoms with Crippen molar-refractivity contribution in [3.05, 3.63) is 94.0 Å². The van der Waals surface area contributed by atoms with E-state index in [4.69, 9.17) is 33.3 Å². The zero-order valence-electron chi connectivity index (χ0n) is 15.9. The number of hydrogen-bond donors (Lipinski definition) is 1. The highest BCUT2D eigenvalue weighted by Gasteiger charge is 2.10. The van der Waals surface area contributed by atoms with E-state index in [1.807, 2.05) is 54.6 Å². The maximum absolute atomic E-state index is 5.92. The topological polar surface area (TPSA) is 30.5 Å². The Balaban J connectivity index is 1.65. The van der Waals surface area contributed by atoms with E-state index < -0.39 is 0 Å². The number of aryl methyl sites for hydroxylation is 1. The van der Waals surface area contributed by atoms with Crippen molar-refractivity contribution in [3.63, 3.8) is 0 Å². The van der Waals surface area contributed by atoms with Crippen LogP contribution >= 0.6 is 23.8 Å². The minimum Gasteiger partial charge on any atom is -0.493 e. The molecule has 0 spiro atoms. The van der Waals surface area contributed by atoms with Crippen LogP contribution in [0, 0.1) is 6.92 Å². The predicted octanol–water partition coefficient (Wildman–Crippen LogP) is 5.70. The number of hydrogen-bond acceptors (Lipinski definition) is 3. The Morgan fingerprint density at radius 2 is 1.75 bits per heavy atom. The third-order valence-corrected chi connectivity index (χ3v) is 5.07. The highest BCUT2D eigenvalue weighted by Crippen LogP contribution is 2.29. The van der Waals surface area contributed by atoms with Crippen molar-refractivity contribution in [2.45, 2.75) is 20.1 Å². The standard InChI is InChI=1S/C23H22ClNO2S/c1-16-5-3-4-6-19(16)14-25-23(28)18-9-12-21(22(13-18)26-2)27-15-17-7-10-20(24)11-8-17/h3-13H,14-15H2,1-2H3,(H,25,28). The second-order valence-electron chi connectivity index (χ2n) is 6.39. The number of methoxy groups -OCH3 is 1. The number of benzene rings is 3. The quantitative estimate of drug-likeness (QED) is 0.505. The number of ether oxygens (including phenoxy) is 2. The number of nitrogens with one attached hydrogen (secondary N) is 1. The van der Waals surface area contributed by atoms with Gasteiger partial charge < -0.3 is 14.8 Å². The van der Waals surface area contributed by atoms with Crippen LogP contribution in [-0.2, 0) is 13.2 Å². The summed E-state index contributed by atoms with van der Waals surface area (Å²) in [7, 11) is 1.62. The monoisotopic (exact) mass is 411 g/mol. The lowest BCUT2D eigenvalue weighted by Crippen LogP contribution is -2.22. The summed E-state index contributed by atoms with van der Waals surface area (Å²) in [4.78, 5) is 0.672. The first kappa shape index (κ1) is 20.2. The van der Waals surface area contributed by atoms with Crippen LogP contribution in [0.3, 0.4) is 0 Å². The minimum absolute atomic E-state index is 0.433. The van der Waals surface area contributed by atoms with Crippen LogP contribution in [0.5, 0.6) is 11.5 Å². The maximum atomic E-state index is 5.92. The molecule has 0 bridgehead atoms. The summed E-state index contributed by atoms with van der Waals surface area (Å²) in [6, 6.07) is 21.5. The lowest BCUT2D eigenvalue weighted by Gasteiger charge is -2.14. The molecule has 0 aliphatic carbocycles. The van der Waals surface area contributed by atoms with Gasteiger partial charge in [0.05, 0.1) is 7.11 Å². The van der Waals surface area contributed by atoms with E-state index in [1.165, 1.54) is 11.1 Å². The van der Waals surface area contributed by atoms with Crippen LogP contribution in [-0.4, -0.2) is 12.1 Å². The van der Waals surface area contributed by atoms with Gasteiger partial charge in [-0.15, -0.1) is 0 Å². The molecule has 0 saturated heterocycles. The Labute approximate surface area is 176 Å².